The number of ether oxygens (including phenoxy) is 1. The topological polar surface area (TPSA) is 55.4 Å². The summed E-state index contributed by atoms with van der Waals surface area (Å²) in [4.78, 5) is 24.2. The molecule has 0 fully saturated rings. The van der Waals surface area contributed by atoms with Gasteiger partial charge in [0.2, 0.25) is 0 Å². The summed E-state index contributed by atoms with van der Waals surface area (Å²) in [6.45, 7) is 3.46. The monoisotopic (exact) mass is 395 g/mol. The Morgan fingerprint density at radius 3 is 2.48 bits per heavy atom. The summed E-state index contributed by atoms with van der Waals surface area (Å²) in [6, 6.07) is 12.2. The van der Waals surface area contributed by atoms with Crippen LogP contribution in [0.3, 0.4) is 0 Å². The van der Waals surface area contributed by atoms with Gasteiger partial charge in [0.1, 0.15) is 0 Å². The molecule has 0 heterocycles. The second-order valence-corrected chi connectivity index (χ2v) is 6.35. The van der Waals surface area contributed by atoms with E-state index in [9.17, 15) is 9.59 Å². The predicted octanol–water partition coefficient (Wildman–Crippen LogP) is 4.59. The van der Waals surface area contributed by atoms with Crippen molar-refractivity contribution in [2.45, 2.75) is 20.0 Å². The third-order valence-corrected chi connectivity index (χ3v) is 3.94. The van der Waals surface area contributed by atoms with Crippen LogP contribution in [0.2, 0.25) is 5.02 Å². The Morgan fingerprint density at radius 2 is 1.83 bits per heavy atom. The maximum Gasteiger partial charge on any atom is 0.340 e. The molecule has 0 saturated heterocycles. The molecule has 0 aliphatic carbocycles. The fourth-order valence-electron chi connectivity index (χ4n) is 1.81. The van der Waals surface area contributed by atoms with Crippen molar-refractivity contribution in [3.8, 4) is 0 Å². The van der Waals surface area contributed by atoms with Gasteiger partial charge in [-0.1, -0.05) is 45.2 Å². The number of carbonyl (C=O) groups is 2. The first-order chi connectivity index (χ1) is 10.9. The van der Waals surface area contributed by atoms with Crippen LogP contribution in [0, 0.1) is 6.92 Å². The molecule has 2 aromatic rings. The molecule has 0 spiro atoms. The molecule has 2 rings (SSSR count). The second-order valence-electron chi connectivity index (χ2n) is 5.03. The lowest BCUT2D eigenvalue weighted by atomic mass is 10.2. The number of aryl methyl sites for hydroxylation is 1. The van der Waals surface area contributed by atoms with Gasteiger partial charge in [0.15, 0.2) is 6.10 Å². The van der Waals surface area contributed by atoms with Gasteiger partial charge < -0.3 is 10.1 Å². The number of nitrogens with one attached hydrogen (secondary N) is 1. The standard InChI is InChI=1S/C17H15BrClNO3/c1-10-3-6-13(7-4-10)20-16(21)11(2)23-17(22)14-9-12(18)5-8-15(14)19/h3-9,11H,1-2H3,(H,20,21)/t11-/m1/s1. The van der Waals surface area contributed by atoms with E-state index in [-0.39, 0.29) is 10.6 Å². The Bertz CT molecular complexity index is 731. The van der Waals surface area contributed by atoms with Crippen LogP contribution >= 0.6 is 27.5 Å². The number of hydrogen-bond acceptors (Lipinski definition) is 3. The van der Waals surface area contributed by atoms with E-state index in [0.717, 1.165) is 5.56 Å². The van der Waals surface area contributed by atoms with Crippen LogP contribution < -0.4 is 5.32 Å². The number of halogens is 2. The highest BCUT2D eigenvalue weighted by atomic mass is 79.9. The Morgan fingerprint density at radius 1 is 1.17 bits per heavy atom. The van der Waals surface area contributed by atoms with Crippen molar-refractivity contribution < 1.29 is 14.3 Å². The Balaban J connectivity index is 2.01. The first-order valence-corrected chi connectivity index (χ1v) is 8.07. The molecule has 1 amide bonds. The number of rotatable bonds is 4. The number of anilines is 1. The molecule has 1 atom stereocenters. The van der Waals surface area contributed by atoms with Crippen molar-refractivity contribution in [2.75, 3.05) is 5.32 Å². The highest BCUT2D eigenvalue weighted by Gasteiger charge is 2.20. The van der Waals surface area contributed by atoms with Crippen LogP contribution in [-0.2, 0) is 9.53 Å². The molecular weight excluding hydrogens is 382 g/mol. The number of hydrogen-bond donors (Lipinski definition) is 1. The average molecular weight is 397 g/mol. The van der Waals surface area contributed by atoms with Gasteiger partial charge in [-0.2, -0.15) is 0 Å². The van der Waals surface area contributed by atoms with E-state index in [1.807, 2.05) is 19.1 Å². The number of amides is 1. The maximum atomic E-state index is 12.1. The average Bonchev–Trinajstić information content (AvgIpc) is 2.51. The van der Waals surface area contributed by atoms with Gasteiger partial charge >= 0.3 is 5.97 Å². The van der Waals surface area contributed by atoms with Crippen molar-refractivity contribution in [1.82, 2.24) is 0 Å². The van der Waals surface area contributed by atoms with E-state index in [1.54, 1.807) is 30.3 Å². The molecule has 0 unspecified atom stereocenters. The van der Waals surface area contributed by atoms with Crippen LogP contribution in [0.4, 0.5) is 5.69 Å². The molecule has 0 aromatic heterocycles. The summed E-state index contributed by atoms with van der Waals surface area (Å²) in [5, 5.41) is 2.96. The third kappa shape index (κ3) is 4.81. The van der Waals surface area contributed by atoms with E-state index < -0.39 is 18.0 Å². The van der Waals surface area contributed by atoms with E-state index in [0.29, 0.717) is 10.2 Å². The number of esters is 1. The highest BCUT2D eigenvalue weighted by molar-refractivity contribution is 9.10. The van der Waals surface area contributed by atoms with Gasteiger partial charge in [-0.25, -0.2) is 4.79 Å². The van der Waals surface area contributed by atoms with E-state index in [4.69, 9.17) is 16.3 Å². The molecule has 6 heteroatoms. The second kappa shape index (κ2) is 7.62. The van der Waals surface area contributed by atoms with Crippen LogP contribution in [0.1, 0.15) is 22.8 Å². The summed E-state index contributed by atoms with van der Waals surface area (Å²) >= 11 is 9.24. The third-order valence-electron chi connectivity index (χ3n) is 3.12. The lowest BCUT2D eigenvalue weighted by molar-refractivity contribution is -0.123. The first-order valence-electron chi connectivity index (χ1n) is 6.90. The van der Waals surface area contributed by atoms with Gasteiger partial charge in [0.25, 0.3) is 5.91 Å². The van der Waals surface area contributed by atoms with Crippen LogP contribution in [-0.4, -0.2) is 18.0 Å². The molecule has 0 aliphatic heterocycles. The highest BCUT2D eigenvalue weighted by Crippen LogP contribution is 2.22. The van der Waals surface area contributed by atoms with Gasteiger partial charge in [-0.3, -0.25) is 4.79 Å². The number of carbonyl (C=O) groups excluding carboxylic acids is 2. The van der Waals surface area contributed by atoms with Crippen molar-refractivity contribution in [2.24, 2.45) is 0 Å². The van der Waals surface area contributed by atoms with Crippen molar-refractivity contribution in [3.05, 3.63) is 63.1 Å². The lowest BCUT2D eigenvalue weighted by Gasteiger charge is -2.14. The summed E-state index contributed by atoms with van der Waals surface area (Å²) < 4.78 is 5.87. The SMILES string of the molecule is Cc1ccc(NC(=O)[C@@H](C)OC(=O)c2cc(Br)ccc2Cl)cc1. The zero-order chi connectivity index (χ0) is 17.0. The zero-order valence-corrected chi connectivity index (χ0v) is 14.9. The smallest absolute Gasteiger partial charge is 0.340 e. The Kier molecular flexibility index (Phi) is 5.80. The Hall–Kier alpha value is -1.85. The van der Waals surface area contributed by atoms with Gasteiger partial charge in [0.05, 0.1) is 10.6 Å². The Labute approximate surface area is 147 Å². The van der Waals surface area contributed by atoms with Crippen molar-refractivity contribution >= 4 is 45.1 Å². The fourth-order valence-corrected chi connectivity index (χ4v) is 2.37. The normalized spacial score (nSPS) is 11.7. The summed E-state index contributed by atoms with van der Waals surface area (Å²) in [7, 11) is 0. The van der Waals surface area contributed by atoms with Crippen LogP contribution in [0.5, 0.6) is 0 Å². The minimum atomic E-state index is -0.946. The predicted molar refractivity (Wildman–Crippen MR) is 93.8 cm³/mol. The molecule has 0 radical (unpaired) electrons. The molecular formula is C17H15BrClNO3. The molecule has 0 saturated carbocycles. The van der Waals surface area contributed by atoms with Crippen molar-refractivity contribution in [1.29, 1.82) is 0 Å². The van der Waals surface area contributed by atoms with Gasteiger partial charge in [0, 0.05) is 10.2 Å². The quantitative estimate of drug-likeness (QED) is 0.769. The minimum Gasteiger partial charge on any atom is -0.449 e. The van der Waals surface area contributed by atoms with Gasteiger partial charge in [-0.05, 0) is 44.2 Å². The van der Waals surface area contributed by atoms with E-state index in [2.05, 4.69) is 21.2 Å². The molecule has 0 bridgehead atoms. The summed E-state index contributed by atoms with van der Waals surface area (Å²) in [6.07, 6.45) is -0.946. The molecule has 23 heavy (non-hydrogen) atoms. The van der Waals surface area contributed by atoms with E-state index >= 15 is 0 Å². The van der Waals surface area contributed by atoms with Crippen LogP contribution in [0.25, 0.3) is 0 Å². The molecule has 4 nitrogen and oxygen atoms in total. The zero-order valence-electron chi connectivity index (χ0n) is 12.6. The molecule has 2 aromatic carbocycles. The van der Waals surface area contributed by atoms with Gasteiger partial charge in [-0.15, -0.1) is 0 Å². The largest absolute Gasteiger partial charge is 0.449 e. The maximum absolute atomic E-state index is 12.1. The summed E-state index contributed by atoms with van der Waals surface area (Å²) in [5.74, 6) is -1.06. The summed E-state index contributed by atoms with van der Waals surface area (Å²) in [5.41, 5.74) is 1.94. The minimum absolute atomic E-state index is 0.205. The first kappa shape index (κ1) is 17.5. The van der Waals surface area contributed by atoms with E-state index in [1.165, 1.54) is 6.92 Å². The lowest BCUT2D eigenvalue weighted by Crippen LogP contribution is -2.30. The molecule has 1 N–H and O–H groups in total. The molecule has 120 valence electrons. The fraction of sp³-hybridized carbons (Fsp3) is 0.176. The number of benzene rings is 2. The van der Waals surface area contributed by atoms with Crippen LogP contribution in [0.15, 0.2) is 46.9 Å². The van der Waals surface area contributed by atoms with Crippen molar-refractivity contribution in [3.63, 3.8) is 0 Å². The molecule has 0 aliphatic rings.